The molecule has 0 radical (unpaired) electrons. The minimum Gasteiger partial charge on any atom is -0.488 e. The van der Waals surface area contributed by atoms with Gasteiger partial charge in [-0.25, -0.2) is 4.79 Å². The van der Waals surface area contributed by atoms with Gasteiger partial charge in [0.25, 0.3) is 0 Å². The maximum Gasteiger partial charge on any atom is 0.331 e. The van der Waals surface area contributed by atoms with Crippen molar-refractivity contribution in [3.8, 4) is 5.75 Å². The number of benzene rings is 3. The Hall–Kier alpha value is -3.33. The first kappa shape index (κ1) is 22.4. The van der Waals surface area contributed by atoms with Gasteiger partial charge in [-0.1, -0.05) is 79.7 Å². The van der Waals surface area contributed by atoms with E-state index in [-0.39, 0.29) is 0 Å². The molecule has 0 heterocycles. The lowest BCUT2D eigenvalue weighted by Gasteiger charge is -2.15. The largest absolute Gasteiger partial charge is 0.488 e. The van der Waals surface area contributed by atoms with E-state index in [9.17, 15) is 9.90 Å². The standard InChI is InChI=1S/C28H30O3/c1-3-23(28(29)30)19-26-15-8-7-14-24(26)16-10-18-25-17-9-11-21(2)27(25)31-20-22-12-5-4-6-13-22/h4-9,11-15,17,19H,3,10,16,18,20H2,1-2H3,(H,29,30). The van der Waals surface area contributed by atoms with Gasteiger partial charge in [-0.05, 0) is 66.5 Å². The molecular formula is C28H30O3. The van der Waals surface area contributed by atoms with Crippen molar-refractivity contribution in [1.82, 2.24) is 0 Å². The quantitative estimate of drug-likeness (QED) is 0.379. The van der Waals surface area contributed by atoms with E-state index in [0.717, 1.165) is 41.7 Å². The molecule has 0 fully saturated rings. The first-order valence-corrected chi connectivity index (χ1v) is 10.9. The SMILES string of the molecule is CCC(=Cc1ccccc1CCCc1cccc(C)c1OCc1ccccc1)C(=O)O. The average Bonchev–Trinajstić information content (AvgIpc) is 2.78. The summed E-state index contributed by atoms with van der Waals surface area (Å²) in [5.74, 6) is 0.121. The third-order valence-corrected chi connectivity index (χ3v) is 5.45. The van der Waals surface area contributed by atoms with Gasteiger partial charge < -0.3 is 9.84 Å². The fourth-order valence-electron chi connectivity index (χ4n) is 3.72. The number of carbonyl (C=O) groups is 1. The van der Waals surface area contributed by atoms with Gasteiger partial charge in [0.1, 0.15) is 12.4 Å². The van der Waals surface area contributed by atoms with Crippen LogP contribution >= 0.6 is 0 Å². The number of hydrogen-bond donors (Lipinski definition) is 1. The highest BCUT2D eigenvalue weighted by Gasteiger charge is 2.10. The monoisotopic (exact) mass is 414 g/mol. The normalized spacial score (nSPS) is 11.4. The summed E-state index contributed by atoms with van der Waals surface area (Å²) >= 11 is 0. The second kappa shape index (κ2) is 11.2. The Morgan fingerprint density at radius 1 is 0.903 bits per heavy atom. The zero-order chi connectivity index (χ0) is 22.1. The Bertz CT molecular complexity index is 1040. The molecule has 0 atom stereocenters. The molecule has 0 spiro atoms. The lowest BCUT2D eigenvalue weighted by Crippen LogP contribution is -2.02. The summed E-state index contributed by atoms with van der Waals surface area (Å²) < 4.78 is 6.20. The molecule has 3 aromatic rings. The highest BCUT2D eigenvalue weighted by molar-refractivity contribution is 5.92. The van der Waals surface area contributed by atoms with Crippen LogP contribution in [0.5, 0.6) is 5.75 Å². The molecule has 160 valence electrons. The number of rotatable bonds is 10. The maximum atomic E-state index is 11.4. The van der Waals surface area contributed by atoms with Crippen LogP contribution in [-0.4, -0.2) is 11.1 Å². The number of aliphatic carboxylic acids is 1. The molecule has 0 bridgehead atoms. The smallest absolute Gasteiger partial charge is 0.331 e. The van der Waals surface area contributed by atoms with Gasteiger partial charge in [0.2, 0.25) is 0 Å². The molecule has 0 saturated carbocycles. The van der Waals surface area contributed by atoms with Crippen LogP contribution in [-0.2, 0) is 24.2 Å². The van der Waals surface area contributed by atoms with Crippen molar-refractivity contribution in [1.29, 1.82) is 0 Å². The molecule has 3 nitrogen and oxygen atoms in total. The second-order valence-electron chi connectivity index (χ2n) is 7.72. The summed E-state index contributed by atoms with van der Waals surface area (Å²) in [5.41, 5.74) is 6.11. The molecule has 0 aromatic heterocycles. The third-order valence-electron chi connectivity index (χ3n) is 5.45. The van der Waals surface area contributed by atoms with Crippen molar-refractivity contribution in [2.75, 3.05) is 0 Å². The number of hydrogen-bond acceptors (Lipinski definition) is 2. The molecule has 31 heavy (non-hydrogen) atoms. The second-order valence-corrected chi connectivity index (χ2v) is 7.72. The molecule has 0 saturated heterocycles. The van der Waals surface area contributed by atoms with Crippen LogP contribution in [0.4, 0.5) is 0 Å². The highest BCUT2D eigenvalue weighted by atomic mass is 16.5. The van der Waals surface area contributed by atoms with Crippen LogP contribution in [0.1, 0.15) is 47.6 Å². The lowest BCUT2D eigenvalue weighted by atomic mass is 9.97. The Labute approximate surface area is 185 Å². The van der Waals surface area contributed by atoms with E-state index in [1.165, 1.54) is 11.1 Å². The molecule has 0 aliphatic heterocycles. The molecule has 3 rings (SSSR count). The molecular weight excluding hydrogens is 384 g/mol. The van der Waals surface area contributed by atoms with Gasteiger partial charge in [0, 0.05) is 5.57 Å². The zero-order valence-corrected chi connectivity index (χ0v) is 18.3. The fourth-order valence-corrected chi connectivity index (χ4v) is 3.72. The number of ether oxygens (including phenoxy) is 1. The third kappa shape index (κ3) is 6.32. The lowest BCUT2D eigenvalue weighted by molar-refractivity contribution is -0.132. The van der Waals surface area contributed by atoms with E-state index in [4.69, 9.17) is 4.74 Å². The summed E-state index contributed by atoms with van der Waals surface area (Å²) in [6.07, 6.45) is 5.07. The Balaban J connectivity index is 1.69. The summed E-state index contributed by atoms with van der Waals surface area (Å²) in [6.45, 7) is 4.51. The van der Waals surface area contributed by atoms with Crippen molar-refractivity contribution >= 4 is 12.0 Å². The van der Waals surface area contributed by atoms with Crippen LogP contribution in [0, 0.1) is 6.92 Å². The highest BCUT2D eigenvalue weighted by Crippen LogP contribution is 2.27. The molecule has 0 aliphatic carbocycles. The van der Waals surface area contributed by atoms with Crippen LogP contribution in [0.2, 0.25) is 0 Å². The van der Waals surface area contributed by atoms with Crippen molar-refractivity contribution in [2.45, 2.75) is 46.1 Å². The Kier molecular flexibility index (Phi) is 8.05. The van der Waals surface area contributed by atoms with Gasteiger partial charge >= 0.3 is 5.97 Å². The van der Waals surface area contributed by atoms with Gasteiger partial charge in [0.15, 0.2) is 0 Å². The summed E-state index contributed by atoms with van der Waals surface area (Å²) in [5, 5.41) is 9.36. The van der Waals surface area contributed by atoms with Gasteiger partial charge in [-0.3, -0.25) is 0 Å². The van der Waals surface area contributed by atoms with E-state index in [0.29, 0.717) is 18.6 Å². The topological polar surface area (TPSA) is 46.5 Å². The first-order chi connectivity index (χ1) is 15.1. The van der Waals surface area contributed by atoms with E-state index in [1.54, 1.807) is 6.08 Å². The molecule has 3 aromatic carbocycles. The Morgan fingerprint density at radius 2 is 1.58 bits per heavy atom. The number of aryl methyl sites for hydroxylation is 3. The molecule has 0 aliphatic rings. The van der Waals surface area contributed by atoms with E-state index >= 15 is 0 Å². The first-order valence-electron chi connectivity index (χ1n) is 10.9. The summed E-state index contributed by atoms with van der Waals surface area (Å²) in [6, 6.07) is 24.6. The van der Waals surface area contributed by atoms with Crippen LogP contribution < -0.4 is 4.74 Å². The van der Waals surface area contributed by atoms with Crippen LogP contribution in [0.3, 0.4) is 0 Å². The minimum absolute atomic E-state index is 0.433. The minimum atomic E-state index is -0.850. The van der Waals surface area contributed by atoms with Crippen molar-refractivity contribution in [3.05, 3.63) is 106 Å². The maximum absolute atomic E-state index is 11.4. The average molecular weight is 415 g/mol. The summed E-state index contributed by atoms with van der Waals surface area (Å²) in [4.78, 5) is 11.4. The number of carboxylic acid groups (broad SMARTS) is 1. The fraction of sp³-hybridized carbons (Fsp3) is 0.250. The number of carboxylic acids is 1. The molecule has 1 N–H and O–H groups in total. The summed E-state index contributed by atoms with van der Waals surface area (Å²) in [7, 11) is 0. The van der Waals surface area contributed by atoms with E-state index in [2.05, 4.69) is 43.3 Å². The molecule has 3 heteroatoms. The predicted octanol–water partition coefficient (Wildman–Crippen LogP) is 6.63. The predicted molar refractivity (Wildman–Crippen MR) is 126 cm³/mol. The van der Waals surface area contributed by atoms with Crippen LogP contribution in [0.25, 0.3) is 6.08 Å². The molecule has 0 amide bonds. The van der Waals surface area contributed by atoms with Crippen LogP contribution in [0.15, 0.2) is 78.4 Å². The van der Waals surface area contributed by atoms with E-state index < -0.39 is 5.97 Å². The van der Waals surface area contributed by atoms with Crippen molar-refractivity contribution in [2.24, 2.45) is 0 Å². The van der Waals surface area contributed by atoms with Gasteiger partial charge in [0.05, 0.1) is 0 Å². The van der Waals surface area contributed by atoms with Gasteiger partial charge in [-0.15, -0.1) is 0 Å². The van der Waals surface area contributed by atoms with Crippen molar-refractivity contribution < 1.29 is 14.6 Å². The molecule has 0 unspecified atom stereocenters. The van der Waals surface area contributed by atoms with Crippen molar-refractivity contribution in [3.63, 3.8) is 0 Å². The van der Waals surface area contributed by atoms with E-state index in [1.807, 2.05) is 43.3 Å². The van der Waals surface area contributed by atoms with Gasteiger partial charge in [-0.2, -0.15) is 0 Å². The zero-order valence-electron chi connectivity index (χ0n) is 18.3. The Morgan fingerprint density at radius 3 is 2.32 bits per heavy atom. The number of para-hydroxylation sites is 1.